The van der Waals surface area contributed by atoms with Gasteiger partial charge in [0.1, 0.15) is 59.1 Å². The van der Waals surface area contributed by atoms with Crippen LogP contribution >= 0.6 is 0 Å². The number of nitrogens with zero attached hydrogens (tertiary/aromatic N) is 6. The van der Waals surface area contributed by atoms with Gasteiger partial charge in [0.15, 0.2) is 0 Å². The molecule has 14 heteroatoms. The van der Waals surface area contributed by atoms with Crippen LogP contribution in [-0.2, 0) is 0 Å². The number of hydrogen-bond acceptors (Lipinski definition) is 8. The zero-order chi connectivity index (χ0) is 37.5. The maximum atomic E-state index is 13.3. The van der Waals surface area contributed by atoms with Crippen LogP contribution in [0.4, 0.5) is 26.3 Å². The van der Waals surface area contributed by atoms with Crippen molar-refractivity contribution in [3.63, 3.8) is 0 Å². The molecule has 0 saturated heterocycles. The summed E-state index contributed by atoms with van der Waals surface area (Å²) in [5.74, 6) is -1.61. The molecule has 0 aromatic heterocycles. The largest absolute Gasteiger partial charge is 0.573 e. The van der Waals surface area contributed by atoms with E-state index in [2.05, 4.69) is 9.47 Å². The topological polar surface area (TPSA) is 161 Å². The number of halogens is 6. The lowest BCUT2D eigenvalue weighted by molar-refractivity contribution is -0.275. The van der Waals surface area contributed by atoms with E-state index in [1.54, 1.807) is 24.3 Å². The molecular formula is C38H12F6N6O2. The fraction of sp³-hybridized carbons (Fsp3) is 0.0526. The zero-order valence-electron chi connectivity index (χ0n) is 25.7. The van der Waals surface area contributed by atoms with E-state index in [1.807, 2.05) is 24.3 Å². The molecule has 0 saturated carbocycles. The van der Waals surface area contributed by atoms with Crippen molar-refractivity contribution < 1.29 is 35.8 Å². The highest BCUT2D eigenvalue weighted by atomic mass is 19.4. The molecule has 0 bridgehead atoms. The van der Waals surface area contributed by atoms with Gasteiger partial charge in [0.05, 0.1) is 11.1 Å². The van der Waals surface area contributed by atoms with Crippen LogP contribution in [0, 0.1) is 68.0 Å². The van der Waals surface area contributed by atoms with Crippen molar-refractivity contribution in [2.24, 2.45) is 0 Å². The lowest BCUT2D eigenvalue weighted by Crippen LogP contribution is -2.17. The van der Waals surface area contributed by atoms with E-state index >= 15 is 0 Å². The second kappa shape index (κ2) is 12.6. The van der Waals surface area contributed by atoms with Gasteiger partial charge in [-0.05, 0) is 57.6 Å². The maximum absolute atomic E-state index is 13.3. The molecule has 2 aliphatic rings. The minimum atomic E-state index is -5.15. The third-order valence-corrected chi connectivity index (χ3v) is 8.14. The standard InChI is InChI=1S/C38H12F6N6O2/c39-37(40,41)51-29-11-19(7-9-21(29)13-45)25-3-1-5-27-33(25)31(23(15-47)16-48)36-28-6-2-4-26(34(28)32(35(27)36)24(17-49)18-50)20-8-10-22(14-46)30(12-20)52-38(42,43)44/h1-12H. The summed E-state index contributed by atoms with van der Waals surface area (Å²) >= 11 is 0. The number of alkyl halides is 6. The summed E-state index contributed by atoms with van der Waals surface area (Å²) in [5.41, 5.74) is 0.233. The van der Waals surface area contributed by atoms with E-state index < -0.39 is 46.5 Å². The van der Waals surface area contributed by atoms with Gasteiger partial charge in [0, 0.05) is 33.4 Å². The molecule has 8 nitrogen and oxygen atoms in total. The van der Waals surface area contributed by atoms with E-state index in [-0.39, 0.29) is 66.8 Å². The number of hydrogen-bond donors (Lipinski definition) is 0. The van der Waals surface area contributed by atoms with Gasteiger partial charge in [-0.2, -0.15) is 31.6 Å². The van der Waals surface area contributed by atoms with Gasteiger partial charge in [-0.25, -0.2) is 0 Å². The van der Waals surface area contributed by atoms with Crippen molar-refractivity contribution in [3.05, 3.63) is 117 Å². The normalized spacial score (nSPS) is 12.5. The molecule has 52 heavy (non-hydrogen) atoms. The first-order valence-electron chi connectivity index (χ1n) is 14.5. The maximum Gasteiger partial charge on any atom is 0.573 e. The molecular weight excluding hydrogens is 686 g/mol. The predicted molar refractivity (Wildman–Crippen MR) is 170 cm³/mol. The molecule has 6 rings (SSSR count). The molecule has 0 unspecified atom stereocenters. The number of rotatable bonds is 4. The van der Waals surface area contributed by atoms with Crippen LogP contribution in [0.5, 0.6) is 11.5 Å². The molecule has 0 atom stereocenters. The molecule has 4 aromatic carbocycles. The van der Waals surface area contributed by atoms with Gasteiger partial charge >= 0.3 is 12.7 Å². The third kappa shape index (κ3) is 5.70. The quantitative estimate of drug-likeness (QED) is 0.151. The van der Waals surface area contributed by atoms with Crippen LogP contribution in [0.25, 0.3) is 44.5 Å². The Hall–Kier alpha value is -7.78. The lowest BCUT2D eigenvalue weighted by atomic mass is 9.83. The van der Waals surface area contributed by atoms with Crippen molar-refractivity contribution in [3.8, 4) is 70.2 Å². The summed E-state index contributed by atoms with van der Waals surface area (Å²) in [4.78, 5) is 0. The Morgan fingerprint density at radius 1 is 0.481 bits per heavy atom. The highest BCUT2D eigenvalue weighted by Crippen LogP contribution is 2.62. The summed E-state index contributed by atoms with van der Waals surface area (Å²) in [6, 6.07) is 26.7. The van der Waals surface area contributed by atoms with Gasteiger partial charge < -0.3 is 9.47 Å². The summed E-state index contributed by atoms with van der Waals surface area (Å²) in [7, 11) is 0. The Morgan fingerprint density at radius 2 is 0.827 bits per heavy atom. The van der Waals surface area contributed by atoms with Crippen molar-refractivity contribution in [2.45, 2.75) is 12.7 Å². The average molecular weight is 699 g/mol. The number of ether oxygens (including phenoxy) is 2. The molecule has 0 heterocycles. The van der Waals surface area contributed by atoms with Crippen LogP contribution in [0.1, 0.15) is 33.4 Å². The van der Waals surface area contributed by atoms with Gasteiger partial charge in [0.2, 0.25) is 0 Å². The second-order valence-electron chi connectivity index (χ2n) is 10.9. The van der Waals surface area contributed by atoms with E-state index in [0.717, 1.165) is 24.3 Å². The van der Waals surface area contributed by atoms with Crippen LogP contribution in [-0.4, -0.2) is 12.7 Å². The molecule has 0 aliphatic heterocycles. The number of nitriles is 6. The van der Waals surface area contributed by atoms with E-state index in [1.165, 1.54) is 36.4 Å². The Morgan fingerprint density at radius 3 is 1.13 bits per heavy atom. The minimum absolute atomic E-state index is 0.0119. The average Bonchev–Trinajstić information content (AvgIpc) is 3.61. The third-order valence-electron chi connectivity index (χ3n) is 8.14. The minimum Gasteiger partial charge on any atom is -0.404 e. The first-order valence-corrected chi connectivity index (χ1v) is 14.5. The van der Waals surface area contributed by atoms with Crippen LogP contribution < -0.4 is 9.47 Å². The fourth-order valence-corrected chi connectivity index (χ4v) is 6.34. The van der Waals surface area contributed by atoms with Crippen LogP contribution in [0.2, 0.25) is 0 Å². The smallest absolute Gasteiger partial charge is 0.404 e. The Kier molecular flexibility index (Phi) is 8.26. The van der Waals surface area contributed by atoms with Gasteiger partial charge in [-0.15, -0.1) is 26.3 Å². The van der Waals surface area contributed by atoms with Gasteiger partial charge in [-0.3, -0.25) is 0 Å². The Labute approximate surface area is 289 Å². The molecule has 0 spiro atoms. The highest BCUT2D eigenvalue weighted by molar-refractivity contribution is 6.39. The van der Waals surface area contributed by atoms with Crippen molar-refractivity contribution in [1.29, 1.82) is 31.6 Å². The molecule has 248 valence electrons. The Balaban J connectivity index is 1.68. The zero-order valence-corrected chi connectivity index (χ0v) is 25.7. The predicted octanol–water partition coefficient (Wildman–Crippen LogP) is 9.10. The molecule has 0 radical (unpaired) electrons. The van der Waals surface area contributed by atoms with E-state index in [9.17, 15) is 57.9 Å². The van der Waals surface area contributed by atoms with Crippen molar-refractivity contribution in [1.82, 2.24) is 0 Å². The first-order chi connectivity index (χ1) is 24.8. The van der Waals surface area contributed by atoms with Crippen molar-refractivity contribution in [2.75, 3.05) is 0 Å². The van der Waals surface area contributed by atoms with Gasteiger partial charge in [-0.1, -0.05) is 48.5 Å². The SMILES string of the molecule is N#CC(C#N)=C1C2=C(C(=C(C#N)C#N)c3c2cccc3-c2ccc(C#N)c(OC(F)(F)F)c2)c2cccc(-c3ccc(C#N)c(OC(F)(F)F)c3)c21. The van der Waals surface area contributed by atoms with Crippen molar-refractivity contribution >= 4 is 22.3 Å². The Bertz CT molecular complexity index is 2410. The van der Waals surface area contributed by atoms with E-state index in [0.29, 0.717) is 0 Å². The summed E-state index contributed by atoms with van der Waals surface area (Å²) in [6.07, 6.45) is -10.3. The monoisotopic (exact) mass is 698 g/mol. The number of benzene rings is 4. The summed E-state index contributed by atoms with van der Waals surface area (Å²) in [6.45, 7) is 0. The number of fused-ring (bicyclic) bond motifs is 4. The summed E-state index contributed by atoms with van der Waals surface area (Å²) < 4.78 is 88.0. The fourth-order valence-electron chi connectivity index (χ4n) is 6.34. The van der Waals surface area contributed by atoms with E-state index in [4.69, 9.17) is 0 Å². The van der Waals surface area contributed by atoms with Crippen LogP contribution in [0.15, 0.2) is 83.9 Å². The second-order valence-corrected chi connectivity index (χ2v) is 10.9. The molecule has 4 aromatic rings. The molecule has 0 fully saturated rings. The summed E-state index contributed by atoms with van der Waals surface area (Å²) in [5, 5.41) is 59.5. The number of allylic oxidation sites excluding steroid dienone is 6. The highest BCUT2D eigenvalue weighted by Gasteiger charge is 2.42. The lowest BCUT2D eigenvalue weighted by Gasteiger charge is -2.19. The van der Waals surface area contributed by atoms with Gasteiger partial charge in [0.25, 0.3) is 0 Å². The van der Waals surface area contributed by atoms with Crippen LogP contribution in [0.3, 0.4) is 0 Å². The molecule has 0 N–H and O–H groups in total. The molecule has 2 aliphatic carbocycles. The first kappa shape index (κ1) is 34.1. The molecule has 0 amide bonds.